The molecule has 1 atom stereocenters. The highest BCUT2D eigenvalue weighted by molar-refractivity contribution is 5.72. The van der Waals surface area contributed by atoms with E-state index in [0.717, 1.165) is 11.1 Å². The molecule has 1 N–H and O–H groups in total. The Morgan fingerprint density at radius 2 is 1.46 bits per heavy atom. The second kappa shape index (κ2) is 17.6. The SMILES string of the molecule is CCOC(Cc1ccc(OCCN(CCCCOc2ccc(F)cc2)C(=O)OCCc2ccccc2)cc1)C(=O)O. The molecule has 3 aromatic rings. The van der Waals surface area contributed by atoms with Gasteiger partial charge in [0.25, 0.3) is 0 Å². The Bertz CT molecular complexity index is 1170. The van der Waals surface area contributed by atoms with E-state index in [9.17, 15) is 19.1 Å². The average Bonchev–Trinajstić information content (AvgIpc) is 2.98. The molecule has 0 aliphatic carbocycles. The molecule has 1 amide bonds. The van der Waals surface area contributed by atoms with Crippen LogP contribution in [0.2, 0.25) is 0 Å². The van der Waals surface area contributed by atoms with Crippen molar-refractivity contribution in [1.29, 1.82) is 0 Å². The highest BCUT2D eigenvalue weighted by Gasteiger charge is 2.18. The maximum absolute atomic E-state index is 13.1. The topological polar surface area (TPSA) is 94.5 Å². The fraction of sp³-hybridized carbons (Fsp3) is 0.375. The molecule has 0 fully saturated rings. The van der Waals surface area contributed by atoms with Crippen LogP contribution in [-0.4, -0.2) is 67.7 Å². The number of unbranched alkanes of at least 4 members (excludes halogenated alkanes) is 1. The van der Waals surface area contributed by atoms with Crippen LogP contribution in [0.4, 0.5) is 9.18 Å². The minimum Gasteiger partial charge on any atom is -0.494 e. The summed E-state index contributed by atoms with van der Waals surface area (Å²) in [6, 6.07) is 22.8. The maximum Gasteiger partial charge on any atom is 0.409 e. The van der Waals surface area contributed by atoms with Crippen molar-refractivity contribution in [3.8, 4) is 11.5 Å². The van der Waals surface area contributed by atoms with E-state index in [4.69, 9.17) is 18.9 Å². The third-order valence-corrected chi connectivity index (χ3v) is 6.24. The second-order valence-electron chi connectivity index (χ2n) is 9.33. The molecule has 0 bridgehead atoms. The lowest BCUT2D eigenvalue weighted by molar-refractivity contribution is -0.149. The lowest BCUT2D eigenvalue weighted by Crippen LogP contribution is -2.36. The Kier molecular flexibility index (Phi) is 13.5. The summed E-state index contributed by atoms with van der Waals surface area (Å²) in [5, 5.41) is 9.29. The molecule has 9 heteroatoms. The molecule has 0 spiro atoms. The molecular formula is C32H38FNO7. The first-order valence-corrected chi connectivity index (χ1v) is 13.8. The predicted octanol–water partition coefficient (Wildman–Crippen LogP) is 5.78. The molecule has 0 aromatic heterocycles. The zero-order chi connectivity index (χ0) is 29.3. The van der Waals surface area contributed by atoms with Crippen LogP contribution in [0.5, 0.6) is 11.5 Å². The zero-order valence-corrected chi connectivity index (χ0v) is 23.4. The lowest BCUT2D eigenvalue weighted by Gasteiger charge is -2.22. The third kappa shape index (κ3) is 11.9. The predicted molar refractivity (Wildman–Crippen MR) is 153 cm³/mol. The van der Waals surface area contributed by atoms with Crippen LogP contribution in [0.1, 0.15) is 30.9 Å². The van der Waals surface area contributed by atoms with E-state index in [0.29, 0.717) is 57.1 Å². The molecule has 220 valence electrons. The summed E-state index contributed by atoms with van der Waals surface area (Å²) < 4.78 is 35.4. The van der Waals surface area contributed by atoms with E-state index in [-0.39, 0.29) is 25.5 Å². The number of amides is 1. The van der Waals surface area contributed by atoms with Crippen LogP contribution in [0, 0.1) is 5.82 Å². The Labute approximate surface area is 240 Å². The number of rotatable bonds is 18. The van der Waals surface area contributed by atoms with Crippen LogP contribution in [0.3, 0.4) is 0 Å². The molecule has 0 aliphatic rings. The van der Waals surface area contributed by atoms with Crippen molar-refractivity contribution in [2.24, 2.45) is 0 Å². The Balaban J connectivity index is 1.47. The van der Waals surface area contributed by atoms with Crippen molar-refractivity contribution in [1.82, 2.24) is 4.90 Å². The standard InChI is InChI=1S/C32H38FNO7/c1-2-38-30(31(35)36)24-26-10-14-28(15-11-26)40-23-20-34(32(37)41-22-18-25-8-4-3-5-9-25)19-6-7-21-39-29-16-12-27(33)13-17-29/h3-5,8-17,30H,2,6-7,18-24H2,1H3,(H,35,36). The van der Waals surface area contributed by atoms with Gasteiger partial charge in [0.2, 0.25) is 0 Å². The van der Waals surface area contributed by atoms with E-state index in [1.54, 1.807) is 48.2 Å². The summed E-state index contributed by atoms with van der Waals surface area (Å²) in [5.41, 5.74) is 1.91. The maximum atomic E-state index is 13.1. The minimum atomic E-state index is -0.995. The number of hydrogen-bond donors (Lipinski definition) is 1. The van der Waals surface area contributed by atoms with Gasteiger partial charge in [-0.05, 0) is 67.3 Å². The van der Waals surface area contributed by atoms with Crippen molar-refractivity contribution in [2.75, 3.05) is 39.5 Å². The molecule has 0 radical (unpaired) electrons. The highest BCUT2D eigenvalue weighted by atomic mass is 19.1. The van der Waals surface area contributed by atoms with Gasteiger partial charge in [0.15, 0.2) is 6.10 Å². The van der Waals surface area contributed by atoms with Crippen LogP contribution in [0.25, 0.3) is 0 Å². The number of halogens is 1. The molecule has 0 heterocycles. The zero-order valence-electron chi connectivity index (χ0n) is 23.4. The minimum absolute atomic E-state index is 0.260. The Morgan fingerprint density at radius 3 is 2.12 bits per heavy atom. The number of carboxylic acids is 1. The molecule has 0 saturated heterocycles. The van der Waals surface area contributed by atoms with Crippen molar-refractivity contribution in [3.05, 3.63) is 95.8 Å². The summed E-state index contributed by atoms with van der Waals surface area (Å²) >= 11 is 0. The monoisotopic (exact) mass is 567 g/mol. The first-order valence-electron chi connectivity index (χ1n) is 13.8. The second-order valence-corrected chi connectivity index (χ2v) is 9.33. The fourth-order valence-corrected chi connectivity index (χ4v) is 4.04. The number of hydrogen-bond acceptors (Lipinski definition) is 6. The van der Waals surface area contributed by atoms with Crippen LogP contribution < -0.4 is 9.47 Å². The van der Waals surface area contributed by atoms with Gasteiger partial charge >= 0.3 is 12.1 Å². The van der Waals surface area contributed by atoms with Gasteiger partial charge in [-0.15, -0.1) is 0 Å². The quantitative estimate of drug-likeness (QED) is 0.195. The van der Waals surface area contributed by atoms with Crippen LogP contribution in [0.15, 0.2) is 78.9 Å². The number of carbonyl (C=O) groups is 2. The summed E-state index contributed by atoms with van der Waals surface area (Å²) in [7, 11) is 0. The summed E-state index contributed by atoms with van der Waals surface area (Å²) in [6.45, 7) is 3.85. The van der Waals surface area contributed by atoms with Gasteiger partial charge in [-0.25, -0.2) is 14.0 Å². The van der Waals surface area contributed by atoms with E-state index in [2.05, 4.69) is 0 Å². The Hall–Kier alpha value is -4.11. The molecule has 1 unspecified atom stereocenters. The van der Waals surface area contributed by atoms with E-state index >= 15 is 0 Å². The van der Waals surface area contributed by atoms with Gasteiger partial charge < -0.3 is 29.0 Å². The molecular weight excluding hydrogens is 529 g/mol. The number of ether oxygens (including phenoxy) is 4. The number of aliphatic carboxylic acids is 1. The van der Waals surface area contributed by atoms with E-state index in [1.807, 2.05) is 30.3 Å². The Morgan fingerprint density at radius 1 is 0.805 bits per heavy atom. The molecule has 8 nitrogen and oxygen atoms in total. The molecule has 41 heavy (non-hydrogen) atoms. The van der Waals surface area contributed by atoms with Crippen molar-refractivity contribution < 1.29 is 38.0 Å². The summed E-state index contributed by atoms with van der Waals surface area (Å²) in [5.74, 6) is -0.100. The lowest BCUT2D eigenvalue weighted by atomic mass is 10.1. The van der Waals surface area contributed by atoms with Crippen molar-refractivity contribution in [3.63, 3.8) is 0 Å². The van der Waals surface area contributed by atoms with Gasteiger partial charge in [-0.2, -0.15) is 0 Å². The molecule has 0 aliphatic heterocycles. The molecule has 0 saturated carbocycles. The third-order valence-electron chi connectivity index (χ3n) is 6.24. The van der Waals surface area contributed by atoms with Gasteiger partial charge in [0.05, 0.1) is 19.8 Å². The van der Waals surface area contributed by atoms with E-state index < -0.39 is 18.2 Å². The number of carbonyl (C=O) groups excluding carboxylic acids is 1. The first kappa shape index (κ1) is 31.4. The normalized spacial score (nSPS) is 11.5. The van der Waals surface area contributed by atoms with Gasteiger partial charge in [-0.1, -0.05) is 42.5 Å². The number of benzene rings is 3. The number of carboxylic acid groups (broad SMARTS) is 1. The van der Waals surface area contributed by atoms with Crippen molar-refractivity contribution >= 4 is 12.1 Å². The summed E-state index contributed by atoms with van der Waals surface area (Å²) in [4.78, 5) is 25.8. The van der Waals surface area contributed by atoms with Crippen LogP contribution in [-0.2, 0) is 27.1 Å². The number of nitrogens with zero attached hydrogens (tertiary/aromatic N) is 1. The highest BCUT2D eigenvalue weighted by Crippen LogP contribution is 2.15. The van der Waals surface area contributed by atoms with E-state index in [1.165, 1.54) is 12.1 Å². The van der Waals surface area contributed by atoms with Gasteiger partial charge in [0.1, 0.15) is 23.9 Å². The smallest absolute Gasteiger partial charge is 0.409 e. The summed E-state index contributed by atoms with van der Waals surface area (Å²) in [6.07, 6.45) is 0.975. The van der Waals surface area contributed by atoms with Gasteiger partial charge in [0, 0.05) is 26.0 Å². The largest absolute Gasteiger partial charge is 0.494 e. The molecule has 3 rings (SSSR count). The molecule has 3 aromatic carbocycles. The average molecular weight is 568 g/mol. The van der Waals surface area contributed by atoms with Gasteiger partial charge in [-0.3, -0.25) is 0 Å². The first-order chi connectivity index (χ1) is 19.9. The fourth-order valence-electron chi connectivity index (χ4n) is 4.04. The van der Waals surface area contributed by atoms with Crippen LogP contribution >= 0.6 is 0 Å². The van der Waals surface area contributed by atoms with Crippen molar-refractivity contribution in [2.45, 2.75) is 38.7 Å².